The van der Waals surface area contributed by atoms with Gasteiger partial charge in [0.25, 0.3) is 5.91 Å². The van der Waals surface area contributed by atoms with Crippen molar-refractivity contribution in [2.45, 2.75) is 70.5 Å². The molecule has 1 aliphatic carbocycles. The van der Waals surface area contributed by atoms with Gasteiger partial charge in [-0.2, -0.15) is 0 Å². The Bertz CT molecular complexity index is 600. The lowest BCUT2D eigenvalue weighted by Gasteiger charge is -2.24. The lowest BCUT2D eigenvalue weighted by molar-refractivity contribution is -0.123. The van der Waals surface area contributed by atoms with Crippen LogP contribution in [0.25, 0.3) is 0 Å². The summed E-state index contributed by atoms with van der Waals surface area (Å²) >= 11 is 0. The van der Waals surface area contributed by atoms with Crippen molar-refractivity contribution in [1.82, 2.24) is 16.0 Å². The minimum Gasteiger partial charge on any atom is -0.352 e. The van der Waals surface area contributed by atoms with E-state index in [1.165, 1.54) is 25.7 Å². The quantitative estimate of drug-likeness (QED) is 0.657. The maximum atomic E-state index is 12.4. The minimum atomic E-state index is -0.0493. The van der Waals surface area contributed by atoms with Gasteiger partial charge in [-0.3, -0.25) is 9.59 Å². The summed E-state index contributed by atoms with van der Waals surface area (Å²) in [6.45, 7) is 3.32. The van der Waals surface area contributed by atoms with E-state index >= 15 is 0 Å². The van der Waals surface area contributed by atoms with Crippen LogP contribution < -0.4 is 16.0 Å². The van der Waals surface area contributed by atoms with Gasteiger partial charge in [0.05, 0.1) is 6.04 Å². The van der Waals surface area contributed by atoms with Crippen molar-refractivity contribution in [2.75, 3.05) is 6.54 Å². The normalized spacial score (nSPS) is 24.7. The van der Waals surface area contributed by atoms with E-state index in [4.69, 9.17) is 0 Å². The molecule has 3 N–H and O–H groups in total. The van der Waals surface area contributed by atoms with Gasteiger partial charge in [-0.05, 0) is 49.3 Å². The first-order chi connectivity index (χ1) is 12.7. The molecule has 3 unspecified atom stereocenters. The van der Waals surface area contributed by atoms with Crippen molar-refractivity contribution in [2.24, 2.45) is 5.92 Å². The summed E-state index contributed by atoms with van der Waals surface area (Å²) in [5.74, 6) is 0.734. The van der Waals surface area contributed by atoms with Gasteiger partial charge in [-0.1, -0.05) is 38.3 Å². The second-order valence-electron chi connectivity index (χ2n) is 7.63. The van der Waals surface area contributed by atoms with Crippen LogP contribution in [0.5, 0.6) is 0 Å². The molecule has 0 bridgehead atoms. The molecule has 1 aliphatic heterocycles. The van der Waals surface area contributed by atoms with Crippen LogP contribution >= 0.6 is 0 Å². The highest BCUT2D eigenvalue weighted by atomic mass is 16.2. The van der Waals surface area contributed by atoms with Gasteiger partial charge in [0.2, 0.25) is 5.91 Å². The van der Waals surface area contributed by atoms with Crippen LogP contribution in [0.3, 0.4) is 0 Å². The number of nitrogens with one attached hydrogen (secondary N) is 3. The van der Waals surface area contributed by atoms with E-state index in [0.717, 1.165) is 24.8 Å². The van der Waals surface area contributed by atoms with Gasteiger partial charge in [0, 0.05) is 24.7 Å². The molecule has 0 radical (unpaired) electrons. The highest BCUT2D eigenvalue weighted by molar-refractivity contribution is 5.94. The number of carbonyl (C=O) groups excluding carboxylic acids is 2. The fourth-order valence-electron chi connectivity index (χ4n) is 4.09. The van der Waals surface area contributed by atoms with E-state index in [1.54, 1.807) is 0 Å². The van der Waals surface area contributed by atoms with Crippen molar-refractivity contribution in [3.8, 4) is 0 Å². The molecule has 5 heteroatoms. The molecule has 2 amide bonds. The molecule has 3 rings (SSSR count). The molecule has 5 nitrogen and oxygen atoms in total. The molecular weight excluding hydrogens is 326 g/mol. The number of hydrogen-bond donors (Lipinski definition) is 3. The number of benzene rings is 1. The van der Waals surface area contributed by atoms with Crippen molar-refractivity contribution >= 4 is 11.8 Å². The molecule has 142 valence electrons. The molecule has 2 aliphatic rings. The summed E-state index contributed by atoms with van der Waals surface area (Å²) in [4.78, 5) is 24.5. The van der Waals surface area contributed by atoms with Gasteiger partial charge in [-0.15, -0.1) is 0 Å². The Labute approximate surface area is 156 Å². The molecule has 1 aromatic rings. The number of carbonyl (C=O) groups is 2. The third-order valence-corrected chi connectivity index (χ3v) is 5.68. The second kappa shape index (κ2) is 9.17. The molecule has 0 aromatic heterocycles. The number of amides is 2. The number of unbranched alkanes of at least 4 members (excludes halogenated alkanes) is 1. The van der Waals surface area contributed by atoms with Crippen molar-refractivity contribution in [3.63, 3.8) is 0 Å². The van der Waals surface area contributed by atoms with E-state index in [0.29, 0.717) is 30.6 Å². The summed E-state index contributed by atoms with van der Waals surface area (Å²) in [5.41, 5.74) is 1.68. The zero-order valence-electron chi connectivity index (χ0n) is 15.7. The number of rotatable bonds is 7. The predicted octanol–water partition coefficient (Wildman–Crippen LogP) is 2.75. The lowest BCUT2D eigenvalue weighted by Crippen LogP contribution is -2.42. The Morgan fingerprint density at radius 1 is 1.12 bits per heavy atom. The van der Waals surface area contributed by atoms with Gasteiger partial charge in [0.15, 0.2) is 0 Å². The van der Waals surface area contributed by atoms with E-state index in [1.807, 2.05) is 24.3 Å². The average molecular weight is 357 g/mol. The Morgan fingerprint density at radius 3 is 2.62 bits per heavy atom. The van der Waals surface area contributed by atoms with E-state index in [9.17, 15) is 9.59 Å². The first kappa shape index (κ1) is 18.9. The van der Waals surface area contributed by atoms with Crippen LogP contribution in [0.1, 0.15) is 67.8 Å². The predicted molar refractivity (Wildman–Crippen MR) is 103 cm³/mol. The van der Waals surface area contributed by atoms with Crippen LogP contribution in [0.2, 0.25) is 0 Å². The third kappa shape index (κ3) is 4.85. The maximum Gasteiger partial charge on any atom is 0.251 e. The van der Waals surface area contributed by atoms with Gasteiger partial charge in [0.1, 0.15) is 0 Å². The minimum absolute atomic E-state index is 0.0354. The fourth-order valence-corrected chi connectivity index (χ4v) is 4.09. The third-order valence-electron chi connectivity index (χ3n) is 5.68. The Balaban J connectivity index is 1.44. The van der Waals surface area contributed by atoms with Crippen LogP contribution in [-0.4, -0.2) is 30.4 Å². The van der Waals surface area contributed by atoms with Crippen molar-refractivity contribution in [1.29, 1.82) is 0 Å². The Hall–Kier alpha value is -1.88. The van der Waals surface area contributed by atoms with Gasteiger partial charge >= 0.3 is 0 Å². The van der Waals surface area contributed by atoms with Crippen LogP contribution in [0.15, 0.2) is 24.3 Å². The van der Waals surface area contributed by atoms with E-state index < -0.39 is 0 Å². The first-order valence-electron chi connectivity index (χ1n) is 10.1. The molecule has 2 fully saturated rings. The zero-order chi connectivity index (χ0) is 18.4. The fraction of sp³-hybridized carbons (Fsp3) is 0.619. The zero-order valence-corrected chi connectivity index (χ0v) is 15.7. The highest BCUT2D eigenvalue weighted by Crippen LogP contribution is 2.33. The van der Waals surface area contributed by atoms with Crippen LogP contribution in [-0.2, 0) is 11.3 Å². The molecular formula is C21H31N3O2. The van der Waals surface area contributed by atoms with Crippen LogP contribution in [0, 0.1) is 5.92 Å². The molecule has 3 atom stereocenters. The van der Waals surface area contributed by atoms with Crippen molar-refractivity contribution < 1.29 is 9.59 Å². The summed E-state index contributed by atoms with van der Waals surface area (Å²) < 4.78 is 0. The van der Waals surface area contributed by atoms with Gasteiger partial charge < -0.3 is 16.0 Å². The molecule has 1 aromatic carbocycles. The highest BCUT2D eigenvalue weighted by Gasteiger charge is 2.37. The topological polar surface area (TPSA) is 70.2 Å². The van der Waals surface area contributed by atoms with E-state index in [2.05, 4.69) is 22.9 Å². The molecule has 26 heavy (non-hydrogen) atoms. The van der Waals surface area contributed by atoms with E-state index in [-0.39, 0.29) is 17.9 Å². The monoisotopic (exact) mass is 357 g/mol. The number of hydrogen-bond acceptors (Lipinski definition) is 3. The maximum absolute atomic E-state index is 12.4. The summed E-state index contributed by atoms with van der Waals surface area (Å²) in [6.07, 6.45) is 8.06. The standard InChI is InChI=1S/C21H31N3O2/c1-2-3-12-22-20(25)16-10-8-15(9-11-16)14-23-21(26)19-13-17-6-4-5-7-18(17)24-19/h8-11,17-19,24H,2-7,12-14H2,1H3,(H,22,25)(H,23,26). The largest absolute Gasteiger partial charge is 0.352 e. The molecule has 1 heterocycles. The smallest absolute Gasteiger partial charge is 0.251 e. The van der Waals surface area contributed by atoms with Gasteiger partial charge in [-0.25, -0.2) is 0 Å². The summed E-state index contributed by atoms with van der Waals surface area (Å²) in [7, 11) is 0. The Kier molecular flexibility index (Phi) is 6.67. The Morgan fingerprint density at radius 2 is 1.88 bits per heavy atom. The second-order valence-corrected chi connectivity index (χ2v) is 7.63. The number of fused-ring (bicyclic) bond motifs is 1. The average Bonchev–Trinajstić information content (AvgIpc) is 3.11. The SMILES string of the molecule is CCCCNC(=O)c1ccc(CNC(=O)C2CC3CCCCC3N2)cc1. The summed E-state index contributed by atoms with van der Waals surface area (Å²) in [5, 5.41) is 9.47. The summed E-state index contributed by atoms with van der Waals surface area (Å²) in [6, 6.07) is 7.96. The lowest BCUT2D eigenvalue weighted by atomic mass is 9.85. The molecule has 1 saturated carbocycles. The van der Waals surface area contributed by atoms with Crippen LogP contribution in [0.4, 0.5) is 0 Å². The molecule has 0 spiro atoms. The first-order valence-corrected chi connectivity index (χ1v) is 10.1. The molecule has 1 saturated heterocycles. The van der Waals surface area contributed by atoms with Crippen molar-refractivity contribution in [3.05, 3.63) is 35.4 Å².